The van der Waals surface area contributed by atoms with Gasteiger partial charge in [-0.15, -0.1) is 0 Å². The van der Waals surface area contributed by atoms with Crippen molar-refractivity contribution in [1.82, 2.24) is 0 Å². The van der Waals surface area contributed by atoms with Crippen LogP contribution in [0.1, 0.15) is 34.3 Å². The first-order valence-corrected chi connectivity index (χ1v) is 18.0. The number of halogens is 2. The van der Waals surface area contributed by atoms with Crippen molar-refractivity contribution in [2.24, 2.45) is 0 Å². The van der Waals surface area contributed by atoms with Gasteiger partial charge < -0.3 is 18.9 Å². The molecule has 0 aliphatic carbocycles. The summed E-state index contributed by atoms with van der Waals surface area (Å²) in [5, 5.41) is 19.3. The van der Waals surface area contributed by atoms with Gasteiger partial charge in [-0.3, -0.25) is 9.80 Å². The van der Waals surface area contributed by atoms with Crippen LogP contribution in [0.2, 0.25) is 10.0 Å². The summed E-state index contributed by atoms with van der Waals surface area (Å²) < 4.78 is 22.4. The lowest BCUT2D eigenvalue weighted by molar-refractivity contribution is 0.178. The molecule has 2 heterocycles. The third-order valence-corrected chi connectivity index (χ3v) is 9.40. The Bertz CT molecular complexity index is 2450. The van der Waals surface area contributed by atoms with Crippen LogP contribution in [-0.2, 0) is 9.47 Å². The third-order valence-electron chi connectivity index (χ3n) is 8.90. The van der Waals surface area contributed by atoms with Crippen LogP contribution in [0, 0.1) is 22.7 Å². The summed E-state index contributed by atoms with van der Waals surface area (Å²) in [7, 11) is 0. The Kier molecular flexibility index (Phi) is 11.3. The molecule has 12 heteroatoms. The number of carbonyl (C=O) groups excluding carboxylic acids is 2. The molecule has 0 aromatic heterocycles. The number of hydrogen-bond acceptors (Lipinski definition) is 8. The Morgan fingerprint density at radius 1 is 0.554 bits per heavy atom. The number of nitriles is 2. The summed E-state index contributed by atoms with van der Waals surface area (Å²) in [4.78, 5) is 27.8. The van der Waals surface area contributed by atoms with Crippen LogP contribution in [0.15, 0.2) is 146 Å². The molecule has 2 aliphatic heterocycles. The van der Waals surface area contributed by atoms with Gasteiger partial charge in [0.15, 0.2) is 0 Å². The molecule has 0 bridgehead atoms. The number of ether oxygens (including phenoxy) is 4. The summed E-state index contributed by atoms with van der Waals surface area (Å²) in [6, 6.07) is 46.6. The van der Waals surface area contributed by atoms with E-state index in [0.717, 1.165) is 16.8 Å². The van der Waals surface area contributed by atoms with E-state index in [-0.39, 0.29) is 25.3 Å². The van der Waals surface area contributed by atoms with Gasteiger partial charge >= 0.3 is 12.2 Å². The lowest BCUT2D eigenvalue weighted by atomic mass is 10.1. The van der Waals surface area contributed by atoms with E-state index in [1.54, 1.807) is 101 Å². The molecule has 2 aliphatic rings. The van der Waals surface area contributed by atoms with Gasteiger partial charge in [0.05, 0.1) is 29.3 Å². The molecule has 2 amide bonds. The molecule has 0 saturated carbocycles. The second-order valence-electron chi connectivity index (χ2n) is 12.5. The molecular formula is C44H30Cl2N4O6. The minimum atomic E-state index is -0.409. The Hall–Kier alpha value is -6.98. The highest BCUT2D eigenvalue weighted by Gasteiger charge is 2.36. The van der Waals surface area contributed by atoms with E-state index in [1.165, 1.54) is 0 Å². The molecule has 2 saturated heterocycles. The fourth-order valence-corrected chi connectivity index (χ4v) is 6.44. The van der Waals surface area contributed by atoms with Gasteiger partial charge in [-0.05, 0) is 120 Å². The molecule has 8 rings (SSSR count). The molecule has 6 aromatic rings. The van der Waals surface area contributed by atoms with Gasteiger partial charge in [0.1, 0.15) is 42.3 Å². The fraction of sp³-hybridized carbons (Fsp3) is 0.0909. The number of carbonyl (C=O) groups is 2. The Balaban J connectivity index is 0.000000172. The van der Waals surface area contributed by atoms with Crippen molar-refractivity contribution in [1.29, 1.82) is 10.5 Å². The highest BCUT2D eigenvalue weighted by atomic mass is 35.5. The predicted molar refractivity (Wildman–Crippen MR) is 211 cm³/mol. The van der Waals surface area contributed by atoms with Crippen molar-refractivity contribution < 1.29 is 28.5 Å². The zero-order valence-corrected chi connectivity index (χ0v) is 30.9. The van der Waals surface area contributed by atoms with E-state index in [4.69, 9.17) is 47.4 Å². The van der Waals surface area contributed by atoms with E-state index in [0.29, 0.717) is 49.9 Å². The average molecular weight is 782 g/mol. The van der Waals surface area contributed by atoms with Crippen LogP contribution in [0.25, 0.3) is 0 Å². The predicted octanol–water partition coefficient (Wildman–Crippen LogP) is 11.4. The molecule has 6 aromatic carbocycles. The number of nitrogens with zero attached hydrogens (tertiary/aromatic N) is 4. The van der Waals surface area contributed by atoms with Crippen LogP contribution in [-0.4, -0.2) is 25.4 Å². The van der Waals surface area contributed by atoms with Crippen molar-refractivity contribution in [2.45, 2.75) is 12.1 Å². The van der Waals surface area contributed by atoms with Crippen LogP contribution < -0.4 is 19.3 Å². The number of hydrogen-bond donors (Lipinski definition) is 0. The Labute approximate surface area is 332 Å². The first kappa shape index (κ1) is 37.3. The molecule has 0 unspecified atom stereocenters. The van der Waals surface area contributed by atoms with Crippen molar-refractivity contribution in [3.8, 4) is 35.1 Å². The monoisotopic (exact) mass is 780 g/mol. The van der Waals surface area contributed by atoms with E-state index in [1.807, 2.05) is 54.6 Å². The first-order chi connectivity index (χ1) is 27.3. The largest absolute Gasteiger partial charge is 0.457 e. The Morgan fingerprint density at radius 2 is 1.05 bits per heavy atom. The summed E-state index contributed by atoms with van der Waals surface area (Å²) >= 11 is 11.9. The minimum Gasteiger partial charge on any atom is -0.457 e. The lowest BCUT2D eigenvalue weighted by Gasteiger charge is -2.22. The van der Waals surface area contributed by atoms with Crippen molar-refractivity contribution in [3.05, 3.63) is 178 Å². The quantitative estimate of drug-likeness (QED) is 0.149. The molecule has 0 spiro atoms. The first-order valence-electron chi connectivity index (χ1n) is 17.3. The number of amides is 2. The van der Waals surface area contributed by atoms with Gasteiger partial charge in [-0.25, -0.2) is 9.59 Å². The molecule has 0 N–H and O–H groups in total. The Morgan fingerprint density at radius 3 is 1.55 bits per heavy atom. The SMILES string of the molecule is N#Cc1ccc(Oc2cccc([C@H]3COC(=O)N3c3ccc(Cl)cc3)c2)cc1.N#Cc1ccccc1Oc1cccc([C@H]2COC(=O)N2c2ccc(Cl)cc2)c1. The molecular weight excluding hydrogens is 751 g/mol. The van der Waals surface area contributed by atoms with Gasteiger partial charge in [0.2, 0.25) is 0 Å². The average Bonchev–Trinajstić information content (AvgIpc) is 3.81. The zero-order chi connectivity index (χ0) is 39.0. The number of cyclic esters (lactones) is 2. The van der Waals surface area contributed by atoms with Gasteiger partial charge in [-0.2, -0.15) is 10.5 Å². The fourth-order valence-electron chi connectivity index (χ4n) is 6.19. The zero-order valence-electron chi connectivity index (χ0n) is 29.4. The second kappa shape index (κ2) is 17.0. The maximum absolute atomic E-state index is 12.3. The molecule has 2 fully saturated rings. The highest BCUT2D eigenvalue weighted by molar-refractivity contribution is 6.31. The van der Waals surface area contributed by atoms with Crippen LogP contribution in [0.3, 0.4) is 0 Å². The molecule has 56 heavy (non-hydrogen) atoms. The molecule has 2 atom stereocenters. The molecule has 0 radical (unpaired) electrons. The van der Waals surface area contributed by atoms with Crippen LogP contribution in [0.4, 0.5) is 21.0 Å². The second-order valence-corrected chi connectivity index (χ2v) is 13.3. The van der Waals surface area contributed by atoms with Crippen LogP contribution >= 0.6 is 23.2 Å². The van der Waals surface area contributed by atoms with Gasteiger partial charge in [0.25, 0.3) is 0 Å². The van der Waals surface area contributed by atoms with Gasteiger partial charge in [0, 0.05) is 21.4 Å². The topological polar surface area (TPSA) is 125 Å². The van der Waals surface area contributed by atoms with Crippen molar-refractivity contribution in [3.63, 3.8) is 0 Å². The molecule has 10 nitrogen and oxygen atoms in total. The lowest BCUT2D eigenvalue weighted by Crippen LogP contribution is -2.27. The van der Waals surface area contributed by atoms with E-state index in [9.17, 15) is 14.9 Å². The van der Waals surface area contributed by atoms with E-state index < -0.39 is 12.2 Å². The number of benzene rings is 6. The van der Waals surface area contributed by atoms with E-state index >= 15 is 0 Å². The minimum absolute atomic E-state index is 0.236. The van der Waals surface area contributed by atoms with Gasteiger partial charge in [-0.1, -0.05) is 59.6 Å². The third kappa shape index (κ3) is 8.53. The van der Waals surface area contributed by atoms with Crippen LogP contribution in [0.5, 0.6) is 23.0 Å². The summed E-state index contributed by atoms with van der Waals surface area (Å²) in [5.74, 6) is 2.33. The summed E-state index contributed by atoms with van der Waals surface area (Å²) in [5.41, 5.74) is 4.21. The smallest absolute Gasteiger partial charge is 0.415 e. The van der Waals surface area contributed by atoms with Crippen molar-refractivity contribution in [2.75, 3.05) is 23.0 Å². The standard InChI is InChI=1S/2C22H15ClN2O3/c23-17-8-10-18(11-9-17)25-20(14-27-22(25)26)15-5-3-6-19(12-15)28-21-7-2-1-4-16(21)13-24;23-17-6-8-18(9-7-17)25-21(14-27-22(25)26)16-2-1-3-20(12-16)28-19-10-4-15(13-24)5-11-19/h1-12,20H,14H2;1-12,21H,14H2/t20-;21-/m11/s1. The number of para-hydroxylation sites is 1. The normalized spacial score (nSPS) is 15.8. The number of anilines is 2. The van der Waals surface area contributed by atoms with Crippen molar-refractivity contribution >= 4 is 46.8 Å². The molecule has 276 valence electrons. The maximum Gasteiger partial charge on any atom is 0.415 e. The maximum atomic E-state index is 12.3. The summed E-state index contributed by atoms with van der Waals surface area (Å²) in [6.07, 6.45) is -0.806. The van der Waals surface area contributed by atoms with E-state index in [2.05, 4.69) is 12.1 Å². The highest BCUT2D eigenvalue weighted by Crippen LogP contribution is 2.37. The number of rotatable bonds is 8. The summed E-state index contributed by atoms with van der Waals surface area (Å²) in [6.45, 7) is 0.488.